The predicted molar refractivity (Wildman–Crippen MR) is 73.1 cm³/mol. The minimum absolute atomic E-state index is 0.0303. The maximum absolute atomic E-state index is 12.2. The van der Waals surface area contributed by atoms with Crippen LogP contribution in [0.2, 0.25) is 0 Å². The van der Waals surface area contributed by atoms with Gasteiger partial charge in [0.05, 0.1) is 13.1 Å². The zero-order valence-electron chi connectivity index (χ0n) is 11.6. The van der Waals surface area contributed by atoms with Crippen LogP contribution >= 0.6 is 11.3 Å². The number of aromatic nitrogens is 2. The quantitative estimate of drug-likeness (QED) is 0.724. The number of rotatable bonds is 2. The van der Waals surface area contributed by atoms with Crippen molar-refractivity contribution in [1.82, 2.24) is 24.9 Å². The molecule has 0 saturated carbocycles. The maximum Gasteiger partial charge on any atom is 0.246 e. The molecule has 20 heavy (non-hydrogen) atoms. The molecule has 0 spiro atoms. The molecule has 3 rings (SSSR count). The predicted octanol–water partition coefficient (Wildman–Crippen LogP) is -0.669. The minimum atomic E-state index is -0.344. The van der Waals surface area contributed by atoms with Gasteiger partial charge in [-0.1, -0.05) is 0 Å². The lowest BCUT2D eigenvalue weighted by Gasteiger charge is -2.45. The topological polar surface area (TPSA) is 69.6 Å². The summed E-state index contributed by atoms with van der Waals surface area (Å²) in [5.41, 5.74) is 0. The molecule has 3 heterocycles. The highest BCUT2D eigenvalue weighted by Crippen LogP contribution is 2.19. The average molecular weight is 295 g/mol. The minimum Gasteiger partial charge on any atom is -0.335 e. The van der Waals surface area contributed by atoms with Crippen molar-refractivity contribution < 1.29 is 9.59 Å². The molecule has 0 aliphatic carbocycles. The fourth-order valence-corrected chi connectivity index (χ4v) is 3.46. The van der Waals surface area contributed by atoms with Crippen molar-refractivity contribution in [1.29, 1.82) is 0 Å². The Kier molecular flexibility index (Phi) is 3.43. The van der Waals surface area contributed by atoms with Gasteiger partial charge in [0.25, 0.3) is 0 Å². The first-order chi connectivity index (χ1) is 9.54. The van der Waals surface area contributed by atoms with Crippen molar-refractivity contribution in [3.63, 3.8) is 0 Å². The molecule has 0 aromatic carbocycles. The van der Waals surface area contributed by atoms with Crippen LogP contribution in [-0.2, 0) is 16.1 Å². The van der Waals surface area contributed by atoms with E-state index in [-0.39, 0.29) is 24.4 Å². The zero-order chi connectivity index (χ0) is 14.3. The number of likely N-dealkylation sites (N-methyl/N-ethyl adjacent to an activating group) is 1. The molecule has 0 bridgehead atoms. The normalized spacial score (nSPS) is 24.2. The van der Waals surface area contributed by atoms with Gasteiger partial charge in [-0.3, -0.25) is 14.5 Å². The molecule has 0 unspecified atom stereocenters. The fraction of sp³-hybridized carbons (Fsp3) is 0.667. The van der Waals surface area contributed by atoms with Gasteiger partial charge in [-0.2, -0.15) is 0 Å². The molecule has 2 amide bonds. The smallest absolute Gasteiger partial charge is 0.246 e. The third-order valence-corrected chi connectivity index (χ3v) is 4.57. The third-order valence-electron chi connectivity index (χ3n) is 3.75. The molecule has 0 radical (unpaired) electrons. The van der Waals surface area contributed by atoms with E-state index in [9.17, 15) is 9.59 Å². The fourth-order valence-electron chi connectivity index (χ4n) is 2.71. The van der Waals surface area contributed by atoms with Crippen LogP contribution in [0.3, 0.4) is 0 Å². The molecular weight excluding hydrogens is 278 g/mol. The highest BCUT2D eigenvalue weighted by Gasteiger charge is 2.41. The van der Waals surface area contributed by atoms with E-state index in [1.807, 2.05) is 6.92 Å². The number of hydrogen-bond donors (Lipinski definition) is 0. The molecule has 2 saturated heterocycles. The van der Waals surface area contributed by atoms with E-state index in [1.165, 1.54) is 4.90 Å². The molecule has 1 aromatic heterocycles. The second-order valence-electron chi connectivity index (χ2n) is 5.25. The summed E-state index contributed by atoms with van der Waals surface area (Å²) in [6.45, 7) is 4.79. The number of aryl methyl sites for hydroxylation is 1. The van der Waals surface area contributed by atoms with E-state index in [4.69, 9.17) is 0 Å². The first-order valence-electron chi connectivity index (χ1n) is 6.60. The summed E-state index contributed by atoms with van der Waals surface area (Å²) < 4.78 is 0. The summed E-state index contributed by atoms with van der Waals surface area (Å²) >= 11 is 1.57. The molecule has 7 nitrogen and oxygen atoms in total. The molecule has 8 heteroatoms. The first-order valence-corrected chi connectivity index (χ1v) is 7.42. The van der Waals surface area contributed by atoms with Crippen molar-refractivity contribution in [3.05, 3.63) is 10.0 Å². The number of nitrogens with zero attached hydrogens (tertiary/aromatic N) is 5. The molecule has 1 atom stereocenters. The number of piperazine rings is 2. The Morgan fingerprint density at radius 3 is 2.80 bits per heavy atom. The van der Waals surface area contributed by atoms with Crippen LogP contribution < -0.4 is 0 Å². The second kappa shape index (κ2) is 5.10. The Morgan fingerprint density at radius 1 is 1.30 bits per heavy atom. The summed E-state index contributed by atoms with van der Waals surface area (Å²) in [5.74, 6) is 0.0752. The van der Waals surface area contributed by atoms with Gasteiger partial charge in [0.2, 0.25) is 11.8 Å². The van der Waals surface area contributed by atoms with Gasteiger partial charge in [0.1, 0.15) is 16.1 Å². The van der Waals surface area contributed by atoms with Gasteiger partial charge >= 0.3 is 0 Å². The Bertz CT molecular complexity index is 546. The van der Waals surface area contributed by atoms with E-state index in [1.54, 1.807) is 23.3 Å². The highest BCUT2D eigenvalue weighted by atomic mass is 32.1. The number of carbonyl (C=O) groups excluding carboxylic acids is 2. The van der Waals surface area contributed by atoms with Crippen LogP contribution in [0.25, 0.3) is 0 Å². The van der Waals surface area contributed by atoms with Crippen LogP contribution in [0.1, 0.15) is 10.0 Å². The summed E-state index contributed by atoms with van der Waals surface area (Å²) in [6.07, 6.45) is 0. The van der Waals surface area contributed by atoms with Gasteiger partial charge in [0.15, 0.2) is 0 Å². The van der Waals surface area contributed by atoms with Gasteiger partial charge < -0.3 is 9.80 Å². The van der Waals surface area contributed by atoms with E-state index >= 15 is 0 Å². The number of hydrogen-bond acceptors (Lipinski definition) is 6. The van der Waals surface area contributed by atoms with E-state index < -0.39 is 0 Å². The molecule has 0 N–H and O–H groups in total. The molecule has 1 aromatic rings. The molecular formula is C12H17N5O2S. The molecule has 2 aliphatic rings. The van der Waals surface area contributed by atoms with E-state index in [0.717, 1.165) is 16.6 Å². The zero-order valence-corrected chi connectivity index (χ0v) is 12.4. The SMILES string of the molecule is Cc1nnc(CN2CCN3C(=O)CN(C)C(=O)[C@@H]3C2)s1. The van der Waals surface area contributed by atoms with Crippen LogP contribution in [-0.4, -0.2) is 76.0 Å². The lowest BCUT2D eigenvalue weighted by Crippen LogP contribution is -2.65. The second-order valence-corrected chi connectivity index (χ2v) is 6.51. The standard InChI is InChI=1S/C12H17N5O2S/c1-8-13-14-10(20-8)6-16-3-4-17-9(5-16)12(19)15(2)7-11(17)18/h9H,3-7H2,1-2H3/t9-/m0/s1. The molecule has 2 fully saturated rings. The Morgan fingerprint density at radius 2 is 2.10 bits per heavy atom. The van der Waals surface area contributed by atoms with Gasteiger partial charge in [-0.25, -0.2) is 0 Å². The number of carbonyl (C=O) groups is 2. The van der Waals surface area contributed by atoms with Gasteiger partial charge in [-0.15, -0.1) is 21.5 Å². The lowest BCUT2D eigenvalue weighted by atomic mass is 10.1. The third kappa shape index (κ3) is 2.40. The Hall–Kier alpha value is -1.54. The van der Waals surface area contributed by atoms with Crippen LogP contribution in [0.5, 0.6) is 0 Å². The van der Waals surface area contributed by atoms with Crippen molar-refractivity contribution >= 4 is 23.2 Å². The highest BCUT2D eigenvalue weighted by molar-refractivity contribution is 7.11. The molecule has 108 valence electrons. The first kappa shape index (κ1) is 13.4. The number of fused-ring (bicyclic) bond motifs is 1. The van der Waals surface area contributed by atoms with Crippen LogP contribution in [0.15, 0.2) is 0 Å². The Labute approximate surface area is 121 Å². The van der Waals surface area contributed by atoms with Crippen molar-refractivity contribution in [2.45, 2.75) is 19.5 Å². The largest absolute Gasteiger partial charge is 0.335 e. The summed E-state index contributed by atoms with van der Waals surface area (Å²) in [5, 5.41) is 10.0. The van der Waals surface area contributed by atoms with Gasteiger partial charge in [-0.05, 0) is 6.92 Å². The summed E-state index contributed by atoms with van der Waals surface area (Å²) in [4.78, 5) is 29.5. The average Bonchev–Trinajstić information content (AvgIpc) is 2.81. The van der Waals surface area contributed by atoms with Crippen LogP contribution in [0, 0.1) is 6.92 Å². The lowest BCUT2D eigenvalue weighted by molar-refractivity contribution is -0.158. The van der Waals surface area contributed by atoms with E-state index in [2.05, 4.69) is 15.1 Å². The maximum atomic E-state index is 12.2. The van der Waals surface area contributed by atoms with Crippen molar-refractivity contribution in [2.75, 3.05) is 33.2 Å². The van der Waals surface area contributed by atoms with Crippen molar-refractivity contribution in [2.24, 2.45) is 0 Å². The summed E-state index contributed by atoms with van der Waals surface area (Å²) in [6, 6.07) is -0.344. The number of amides is 2. The van der Waals surface area contributed by atoms with E-state index in [0.29, 0.717) is 19.6 Å². The Balaban J connectivity index is 1.70. The van der Waals surface area contributed by atoms with Gasteiger partial charge in [0, 0.05) is 26.7 Å². The molecule has 2 aliphatic heterocycles. The summed E-state index contributed by atoms with van der Waals surface area (Å²) in [7, 11) is 1.69. The van der Waals surface area contributed by atoms with Crippen LogP contribution in [0.4, 0.5) is 0 Å². The monoisotopic (exact) mass is 295 g/mol. The van der Waals surface area contributed by atoms with Crippen molar-refractivity contribution in [3.8, 4) is 0 Å².